The van der Waals surface area contributed by atoms with Crippen molar-refractivity contribution in [3.05, 3.63) is 58.5 Å². The maximum atomic E-state index is 13.5. The van der Waals surface area contributed by atoms with E-state index >= 15 is 0 Å². The number of nitrogens with one attached hydrogen (secondary N) is 1. The van der Waals surface area contributed by atoms with Crippen molar-refractivity contribution in [2.45, 2.75) is 38.1 Å². The Balaban J connectivity index is 1.37. The summed E-state index contributed by atoms with van der Waals surface area (Å²) in [6, 6.07) is 7.54. The summed E-state index contributed by atoms with van der Waals surface area (Å²) in [5.74, 6) is 0.684. The zero-order valence-corrected chi connectivity index (χ0v) is 19.6. The van der Waals surface area contributed by atoms with Gasteiger partial charge in [-0.05, 0) is 30.9 Å². The standard InChI is InChI=1S/C25H27N7O3/c1-2-15-13-31(25(34)21-12-26-19-5-3-4-6-20(19)28-21)14-18(15)23-29-22-17(11-27-30-22)24(33)32(23)16-7-9-35-10-8-16/h3-6,11-12,15-16,18H,2,7-10,13-14H2,1H3,(H,27,30)/t15-,18-/m1/s1. The van der Waals surface area contributed by atoms with Gasteiger partial charge in [0.25, 0.3) is 11.5 Å². The van der Waals surface area contributed by atoms with Crippen molar-refractivity contribution in [2.75, 3.05) is 26.3 Å². The number of hydrogen-bond donors (Lipinski definition) is 1. The molecule has 6 rings (SSSR count). The summed E-state index contributed by atoms with van der Waals surface area (Å²) in [6.45, 7) is 4.41. The molecule has 2 atom stereocenters. The molecule has 35 heavy (non-hydrogen) atoms. The molecule has 2 aliphatic heterocycles. The second-order valence-corrected chi connectivity index (χ2v) is 9.35. The lowest BCUT2D eigenvalue weighted by atomic mass is 9.92. The van der Waals surface area contributed by atoms with Crippen molar-refractivity contribution < 1.29 is 9.53 Å². The van der Waals surface area contributed by atoms with Crippen LogP contribution in [-0.4, -0.2) is 66.8 Å². The van der Waals surface area contributed by atoms with E-state index in [2.05, 4.69) is 27.1 Å². The summed E-state index contributed by atoms with van der Waals surface area (Å²) in [6.07, 6.45) is 5.48. The van der Waals surface area contributed by atoms with Gasteiger partial charge < -0.3 is 9.64 Å². The largest absolute Gasteiger partial charge is 0.381 e. The molecule has 0 radical (unpaired) electrons. The molecule has 10 heteroatoms. The molecule has 1 N–H and O–H groups in total. The van der Waals surface area contributed by atoms with Crippen LogP contribution in [-0.2, 0) is 4.74 Å². The van der Waals surface area contributed by atoms with Gasteiger partial charge in [-0.25, -0.2) is 9.97 Å². The van der Waals surface area contributed by atoms with Gasteiger partial charge in [-0.2, -0.15) is 5.10 Å². The number of amides is 1. The average Bonchev–Trinajstić information content (AvgIpc) is 3.56. The number of fused-ring (bicyclic) bond motifs is 2. The first-order valence-electron chi connectivity index (χ1n) is 12.2. The molecule has 2 aliphatic rings. The number of benzene rings is 1. The highest BCUT2D eigenvalue weighted by atomic mass is 16.5. The van der Waals surface area contributed by atoms with Gasteiger partial charge in [0, 0.05) is 38.3 Å². The van der Waals surface area contributed by atoms with Crippen LogP contribution >= 0.6 is 0 Å². The fraction of sp³-hybridized carbons (Fsp3) is 0.440. The van der Waals surface area contributed by atoms with E-state index in [9.17, 15) is 9.59 Å². The predicted molar refractivity (Wildman–Crippen MR) is 129 cm³/mol. The summed E-state index contributed by atoms with van der Waals surface area (Å²) in [5.41, 5.74) is 2.20. The second-order valence-electron chi connectivity index (χ2n) is 9.35. The molecular formula is C25H27N7O3. The molecule has 2 fully saturated rings. The number of likely N-dealkylation sites (tertiary alicyclic amines) is 1. The van der Waals surface area contributed by atoms with E-state index in [0.717, 1.165) is 30.6 Å². The van der Waals surface area contributed by atoms with Gasteiger partial charge >= 0.3 is 0 Å². The van der Waals surface area contributed by atoms with Crippen LogP contribution in [0.2, 0.25) is 0 Å². The Labute approximate surface area is 201 Å². The Hall–Kier alpha value is -3.66. The number of nitrogens with zero attached hydrogens (tertiary/aromatic N) is 6. The Morgan fingerprint density at radius 1 is 1.11 bits per heavy atom. The number of carbonyl (C=O) groups is 1. The molecule has 5 heterocycles. The van der Waals surface area contributed by atoms with Gasteiger partial charge in [-0.1, -0.05) is 25.5 Å². The number of hydrogen-bond acceptors (Lipinski definition) is 7. The van der Waals surface area contributed by atoms with Gasteiger partial charge in [-0.15, -0.1) is 0 Å². The molecule has 2 saturated heterocycles. The second kappa shape index (κ2) is 8.84. The van der Waals surface area contributed by atoms with E-state index in [0.29, 0.717) is 48.5 Å². The molecule has 4 aromatic rings. The summed E-state index contributed by atoms with van der Waals surface area (Å²) < 4.78 is 7.41. The molecule has 1 aromatic carbocycles. The molecule has 180 valence electrons. The maximum Gasteiger partial charge on any atom is 0.274 e. The molecular weight excluding hydrogens is 446 g/mol. The van der Waals surface area contributed by atoms with Crippen molar-refractivity contribution in [3.63, 3.8) is 0 Å². The minimum absolute atomic E-state index is 0.0201. The molecule has 0 aliphatic carbocycles. The Bertz CT molecular complexity index is 1460. The normalized spacial score (nSPS) is 21.2. The quantitative estimate of drug-likeness (QED) is 0.484. The first-order chi connectivity index (χ1) is 17.1. The van der Waals surface area contributed by atoms with E-state index < -0.39 is 0 Å². The van der Waals surface area contributed by atoms with Crippen LogP contribution < -0.4 is 5.56 Å². The van der Waals surface area contributed by atoms with Gasteiger partial charge in [0.15, 0.2) is 5.65 Å². The van der Waals surface area contributed by atoms with Crippen LogP contribution in [0.3, 0.4) is 0 Å². The van der Waals surface area contributed by atoms with Crippen LogP contribution in [0.5, 0.6) is 0 Å². The highest BCUT2D eigenvalue weighted by molar-refractivity contribution is 5.94. The Morgan fingerprint density at radius 2 is 1.91 bits per heavy atom. The first-order valence-corrected chi connectivity index (χ1v) is 12.2. The Kier molecular flexibility index (Phi) is 5.52. The third-order valence-corrected chi connectivity index (χ3v) is 7.35. The van der Waals surface area contributed by atoms with Crippen LogP contribution in [0.1, 0.15) is 54.5 Å². The fourth-order valence-corrected chi connectivity index (χ4v) is 5.45. The van der Waals surface area contributed by atoms with Crippen LogP contribution in [0.25, 0.3) is 22.1 Å². The monoisotopic (exact) mass is 473 g/mol. The van der Waals surface area contributed by atoms with Crippen molar-refractivity contribution in [1.29, 1.82) is 0 Å². The van der Waals surface area contributed by atoms with E-state index in [1.807, 2.05) is 33.7 Å². The zero-order chi connectivity index (χ0) is 23.9. The number of rotatable bonds is 4. The van der Waals surface area contributed by atoms with Crippen molar-refractivity contribution in [3.8, 4) is 0 Å². The maximum absolute atomic E-state index is 13.5. The first kappa shape index (κ1) is 21.8. The van der Waals surface area contributed by atoms with Gasteiger partial charge in [0.05, 0.1) is 23.4 Å². The average molecular weight is 474 g/mol. The molecule has 1 amide bonds. The van der Waals surface area contributed by atoms with Crippen molar-refractivity contribution in [2.24, 2.45) is 5.92 Å². The van der Waals surface area contributed by atoms with Gasteiger partial charge in [0.1, 0.15) is 16.9 Å². The Morgan fingerprint density at radius 3 is 2.71 bits per heavy atom. The lowest BCUT2D eigenvalue weighted by Crippen LogP contribution is -2.35. The molecule has 0 unspecified atom stereocenters. The molecule has 10 nitrogen and oxygen atoms in total. The molecule has 3 aromatic heterocycles. The minimum Gasteiger partial charge on any atom is -0.381 e. The topological polar surface area (TPSA) is 119 Å². The lowest BCUT2D eigenvalue weighted by Gasteiger charge is -2.29. The van der Waals surface area contributed by atoms with E-state index in [4.69, 9.17) is 9.72 Å². The lowest BCUT2D eigenvalue weighted by molar-refractivity contribution is 0.0671. The van der Waals surface area contributed by atoms with Gasteiger partial charge in [0.2, 0.25) is 0 Å². The number of para-hydroxylation sites is 2. The molecule has 0 saturated carbocycles. The number of carbonyl (C=O) groups excluding carboxylic acids is 1. The highest BCUT2D eigenvalue weighted by Crippen LogP contribution is 2.36. The summed E-state index contributed by atoms with van der Waals surface area (Å²) in [7, 11) is 0. The molecule has 0 spiro atoms. The van der Waals surface area contributed by atoms with E-state index in [1.165, 1.54) is 0 Å². The minimum atomic E-state index is -0.146. The summed E-state index contributed by atoms with van der Waals surface area (Å²) in [4.78, 5) is 42.7. The number of aromatic nitrogens is 6. The summed E-state index contributed by atoms with van der Waals surface area (Å²) >= 11 is 0. The third-order valence-electron chi connectivity index (χ3n) is 7.35. The van der Waals surface area contributed by atoms with Gasteiger partial charge in [-0.3, -0.25) is 24.2 Å². The molecule has 0 bridgehead atoms. The van der Waals surface area contributed by atoms with Crippen LogP contribution in [0, 0.1) is 5.92 Å². The fourth-order valence-electron chi connectivity index (χ4n) is 5.45. The summed E-state index contributed by atoms with van der Waals surface area (Å²) in [5, 5.41) is 7.42. The number of aromatic amines is 1. The number of H-pyrrole nitrogens is 1. The van der Waals surface area contributed by atoms with E-state index in [-0.39, 0.29) is 29.3 Å². The zero-order valence-electron chi connectivity index (χ0n) is 19.6. The van der Waals surface area contributed by atoms with Crippen molar-refractivity contribution in [1.82, 2.24) is 34.6 Å². The van der Waals surface area contributed by atoms with Crippen LogP contribution in [0.4, 0.5) is 0 Å². The van der Waals surface area contributed by atoms with Crippen LogP contribution in [0.15, 0.2) is 41.5 Å². The SMILES string of the molecule is CC[C@@H]1CN(C(=O)c2cnc3ccccc3n2)C[C@H]1c1nc2[nH]ncc2c(=O)n1C1CCOCC1. The van der Waals surface area contributed by atoms with E-state index in [1.54, 1.807) is 12.4 Å². The predicted octanol–water partition coefficient (Wildman–Crippen LogP) is 2.68. The number of ether oxygens (including phenoxy) is 1. The smallest absolute Gasteiger partial charge is 0.274 e. The third kappa shape index (κ3) is 3.78. The highest BCUT2D eigenvalue weighted by Gasteiger charge is 2.39. The van der Waals surface area contributed by atoms with Crippen molar-refractivity contribution >= 4 is 28.0 Å².